The zero-order valence-electron chi connectivity index (χ0n) is 11.9. The quantitative estimate of drug-likeness (QED) is 0.906. The lowest BCUT2D eigenvalue weighted by Gasteiger charge is -2.34. The summed E-state index contributed by atoms with van der Waals surface area (Å²) < 4.78 is 14.7. The fraction of sp³-hybridized carbons (Fsp3) is 0.294. The van der Waals surface area contributed by atoms with Gasteiger partial charge in [0.05, 0.1) is 6.04 Å². The number of hydrogen-bond acceptors (Lipinski definition) is 2. The number of rotatable bonds is 3. The average Bonchev–Trinajstić information content (AvgIpc) is 2.84. The maximum atomic E-state index is 13.6. The van der Waals surface area contributed by atoms with Gasteiger partial charge in [-0.05, 0) is 42.7 Å². The highest BCUT2D eigenvalue weighted by Crippen LogP contribution is 2.38. The van der Waals surface area contributed by atoms with Crippen LogP contribution in [0.25, 0.3) is 0 Å². The Bertz CT molecular complexity index is 657. The van der Waals surface area contributed by atoms with Crippen LogP contribution in [0.1, 0.15) is 24.1 Å². The molecule has 0 aromatic heterocycles. The van der Waals surface area contributed by atoms with Gasteiger partial charge in [-0.3, -0.25) is 0 Å². The standard InChI is InChI=1S/C17H18BrFN2/c1-11(20)17(14-4-2-3-5-15(14)18)21-9-8-12-6-7-13(19)10-16(12)21/h2-7,10-11,17H,8-9,20H2,1H3. The molecule has 2 aromatic rings. The monoisotopic (exact) mass is 348 g/mol. The van der Waals surface area contributed by atoms with Crippen LogP contribution in [-0.2, 0) is 6.42 Å². The maximum Gasteiger partial charge on any atom is 0.125 e. The second kappa shape index (κ2) is 5.78. The molecule has 21 heavy (non-hydrogen) atoms. The molecule has 2 N–H and O–H groups in total. The zero-order chi connectivity index (χ0) is 15.0. The van der Waals surface area contributed by atoms with E-state index in [-0.39, 0.29) is 17.9 Å². The topological polar surface area (TPSA) is 29.3 Å². The van der Waals surface area contributed by atoms with Crippen LogP contribution in [0.15, 0.2) is 46.9 Å². The van der Waals surface area contributed by atoms with Gasteiger partial charge in [0.1, 0.15) is 5.82 Å². The van der Waals surface area contributed by atoms with Crippen LogP contribution in [0.5, 0.6) is 0 Å². The number of nitrogens with two attached hydrogens (primary N) is 1. The minimum atomic E-state index is -0.198. The van der Waals surface area contributed by atoms with E-state index >= 15 is 0 Å². The highest BCUT2D eigenvalue weighted by Gasteiger charge is 2.30. The lowest BCUT2D eigenvalue weighted by Crippen LogP contribution is -2.39. The van der Waals surface area contributed by atoms with Gasteiger partial charge in [0.25, 0.3) is 0 Å². The smallest absolute Gasteiger partial charge is 0.125 e. The third-order valence-electron chi connectivity index (χ3n) is 4.04. The van der Waals surface area contributed by atoms with Crippen molar-refractivity contribution >= 4 is 21.6 Å². The van der Waals surface area contributed by atoms with Crippen molar-refractivity contribution in [2.75, 3.05) is 11.4 Å². The summed E-state index contributed by atoms with van der Waals surface area (Å²) in [5, 5.41) is 0. The molecule has 0 fully saturated rings. The summed E-state index contributed by atoms with van der Waals surface area (Å²) in [6.07, 6.45) is 0.934. The summed E-state index contributed by atoms with van der Waals surface area (Å²) in [6.45, 7) is 2.87. The Labute approximate surface area is 132 Å². The minimum Gasteiger partial charge on any atom is -0.362 e. The van der Waals surface area contributed by atoms with Crippen LogP contribution in [0.2, 0.25) is 0 Å². The van der Waals surface area contributed by atoms with Crippen LogP contribution in [0, 0.1) is 5.82 Å². The van der Waals surface area contributed by atoms with Gasteiger partial charge in [-0.25, -0.2) is 4.39 Å². The van der Waals surface area contributed by atoms with Crippen molar-refractivity contribution in [3.8, 4) is 0 Å². The number of benzene rings is 2. The second-order valence-electron chi connectivity index (χ2n) is 5.54. The highest BCUT2D eigenvalue weighted by molar-refractivity contribution is 9.10. The molecular formula is C17H18BrFN2. The Hall–Kier alpha value is -1.39. The molecule has 0 saturated carbocycles. The van der Waals surface area contributed by atoms with Crippen molar-refractivity contribution in [2.45, 2.75) is 25.4 Å². The van der Waals surface area contributed by atoms with E-state index < -0.39 is 0 Å². The van der Waals surface area contributed by atoms with E-state index in [4.69, 9.17) is 5.73 Å². The number of hydrogen-bond donors (Lipinski definition) is 1. The summed E-state index contributed by atoms with van der Waals surface area (Å²) in [5.41, 5.74) is 9.55. The van der Waals surface area contributed by atoms with Crippen LogP contribution < -0.4 is 10.6 Å². The molecule has 2 nitrogen and oxygen atoms in total. The number of nitrogens with zero attached hydrogens (tertiary/aromatic N) is 1. The Balaban J connectivity index is 2.05. The van der Waals surface area contributed by atoms with Crippen LogP contribution in [-0.4, -0.2) is 12.6 Å². The molecule has 4 heteroatoms. The van der Waals surface area contributed by atoms with E-state index in [2.05, 4.69) is 26.9 Å². The van der Waals surface area contributed by atoms with Gasteiger partial charge in [0.15, 0.2) is 0 Å². The van der Waals surface area contributed by atoms with Gasteiger partial charge in [0, 0.05) is 22.7 Å². The van der Waals surface area contributed by atoms with Gasteiger partial charge < -0.3 is 10.6 Å². The Kier molecular flexibility index (Phi) is 4.00. The van der Waals surface area contributed by atoms with Crippen LogP contribution >= 0.6 is 15.9 Å². The first-order chi connectivity index (χ1) is 10.1. The number of fused-ring (bicyclic) bond motifs is 1. The fourth-order valence-electron chi connectivity index (χ4n) is 3.12. The zero-order valence-corrected chi connectivity index (χ0v) is 13.5. The van der Waals surface area contributed by atoms with E-state index in [1.54, 1.807) is 6.07 Å². The summed E-state index contributed by atoms with van der Waals surface area (Å²) in [7, 11) is 0. The van der Waals surface area contributed by atoms with Gasteiger partial charge in [0.2, 0.25) is 0 Å². The molecule has 0 spiro atoms. The lowest BCUT2D eigenvalue weighted by atomic mass is 9.99. The molecule has 1 heterocycles. The molecule has 1 aliphatic heterocycles. The fourth-order valence-corrected chi connectivity index (χ4v) is 3.64. The van der Waals surface area contributed by atoms with E-state index in [0.29, 0.717) is 0 Å². The minimum absolute atomic E-state index is 0.0311. The summed E-state index contributed by atoms with van der Waals surface area (Å²) in [5.74, 6) is -0.198. The molecule has 2 atom stereocenters. The van der Waals surface area contributed by atoms with Gasteiger partial charge in [-0.1, -0.05) is 40.2 Å². The molecule has 1 aliphatic rings. The third-order valence-corrected chi connectivity index (χ3v) is 4.76. The predicted octanol–water partition coefficient (Wildman–Crippen LogP) is 4.04. The number of halogens is 2. The van der Waals surface area contributed by atoms with Crippen LogP contribution in [0.4, 0.5) is 10.1 Å². The molecule has 110 valence electrons. The molecule has 0 amide bonds. The van der Waals surface area contributed by atoms with Crippen molar-refractivity contribution in [3.63, 3.8) is 0 Å². The average molecular weight is 349 g/mol. The first-order valence-corrected chi connectivity index (χ1v) is 7.92. The Morgan fingerprint density at radius 3 is 2.71 bits per heavy atom. The van der Waals surface area contributed by atoms with Crippen molar-refractivity contribution in [1.29, 1.82) is 0 Å². The molecule has 0 radical (unpaired) electrons. The summed E-state index contributed by atoms with van der Waals surface area (Å²) in [6, 6.07) is 13.1. The SMILES string of the molecule is CC(N)C(c1ccccc1Br)N1CCc2ccc(F)cc21. The highest BCUT2D eigenvalue weighted by atomic mass is 79.9. The van der Waals surface area contributed by atoms with Crippen molar-refractivity contribution < 1.29 is 4.39 Å². The predicted molar refractivity (Wildman–Crippen MR) is 88.0 cm³/mol. The third kappa shape index (κ3) is 2.70. The maximum absolute atomic E-state index is 13.6. The van der Waals surface area contributed by atoms with E-state index in [9.17, 15) is 4.39 Å². The lowest BCUT2D eigenvalue weighted by molar-refractivity contribution is 0.538. The number of anilines is 1. The normalized spacial score (nSPS) is 16.7. The molecule has 0 bridgehead atoms. The van der Waals surface area contributed by atoms with Crippen molar-refractivity contribution in [3.05, 3.63) is 63.9 Å². The van der Waals surface area contributed by atoms with Gasteiger partial charge in [-0.2, -0.15) is 0 Å². The second-order valence-corrected chi connectivity index (χ2v) is 6.40. The summed E-state index contributed by atoms with van der Waals surface area (Å²) in [4.78, 5) is 2.23. The molecule has 2 unspecified atom stereocenters. The molecule has 0 saturated heterocycles. The van der Waals surface area contributed by atoms with Crippen molar-refractivity contribution in [1.82, 2.24) is 0 Å². The van der Waals surface area contributed by atoms with E-state index in [1.165, 1.54) is 11.6 Å². The van der Waals surface area contributed by atoms with E-state index in [0.717, 1.165) is 28.7 Å². The van der Waals surface area contributed by atoms with Gasteiger partial charge in [-0.15, -0.1) is 0 Å². The molecule has 0 aliphatic carbocycles. The van der Waals surface area contributed by atoms with E-state index in [1.807, 2.05) is 31.2 Å². The molecule has 3 rings (SSSR count). The Morgan fingerprint density at radius 1 is 1.24 bits per heavy atom. The molecule has 2 aromatic carbocycles. The first-order valence-electron chi connectivity index (χ1n) is 7.13. The largest absolute Gasteiger partial charge is 0.362 e. The summed E-state index contributed by atoms with van der Waals surface area (Å²) >= 11 is 3.61. The van der Waals surface area contributed by atoms with Gasteiger partial charge >= 0.3 is 0 Å². The Morgan fingerprint density at radius 2 is 2.00 bits per heavy atom. The van der Waals surface area contributed by atoms with Crippen LogP contribution in [0.3, 0.4) is 0 Å². The van der Waals surface area contributed by atoms with Crippen molar-refractivity contribution in [2.24, 2.45) is 5.73 Å². The first kappa shape index (κ1) is 14.5. The molecular weight excluding hydrogens is 331 g/mol.